The summed E-state index contributed by atoms with van der Waals surface area (Å²) in [7, 11) is 0. The van der Waals surface area contributed by atoms with E-state index in [1.807, 2.05) is 23.1 Å². The van der Waals surface area contributed by atoms with Gasteiger partial charge in [-0.25, -0.2) is 0 Å². The Balaban J connectivity index is 1.56. The molecule has 2 bridgehead atoms. The fraction of sp³-hybridized carbons (Fsp3) is 0.615. The maximum atomic E-state index is 12.3. The van der Waals surface area contributed by atoms with Crippen LogP contribution in [0, 0.1) is 5.41 Å². The molecule has 2 unspecified atom stereocenters. The van der Waals surface area contributed by atoms with Crippen molar-refractivity contribution in [3.63, 3.8) is 0 Å². The number of nitrogens with two attached hydrogens (primary N) is 1. The Bertz CT molecular complexity index is 808. The Morgan fingerprint density at radius 3 is 2.56 bits per heavy atom. The zero-order valence-electron chi connectivity index (χ0n) is 19.6. The third-order valence-electron chi connectivity index (χ3n) is 7.18. The Morgan fingerprint density at radius 1 is 1.28 bits per heavy atom. The van der Waals surface area contributed by atoms with Crippen LogP contribution in [0.3, 0.4) is 0 Å². The van der Waals surface area contributed by atoms with E-state index in [9.17, 15) is 14.7 Å². The highest BCUT2D eigenvalue weighted by Gasteiger charge is 2.40. The van der Waals surface area contributed by atoms with Crippen LogP contribution in [0.4, 0.5) is 0 Å². The molecule has 2 amide bonds. The molecule has 3 N–H and O–H groups in total. The van der Waals surface area contributed by atoms with Gasteiger partial charge in [0.1, 0.15) is 6.61 Å². The van der Waals surface area contributed by atoms with Crippen molar-refractivity contribution in [3.8, 4) is 0 Å². The largest absolute Gasteiger partial charge is 0.387 e. The molecule has 6 nitrogen and oxygen atoms in total. The lowest BCUT2D eigenvalue weighted by molar-refractivity contribution is -0.135. The molecule has 2 aliphatic rings. The number of piperidine rings is 1. The van der Waals surface area contributed by atoms with Gasteiger partial charge < -0.3 is 15.7 Å². The summed E-state index contributed by atoms with van der Waals surface area (Å²) in [5.74, 6) is -0.0983. The molecule has 0 spiro atoms. The first-order valence-corrected chi connectivity index (χ1v) is 11.9. The second-order valence-corrected chi connectivity index (χ2v) is 10.3. The van der Waals surface area contributed by atoms with Gasteiger partial charge in [0.15, 0.2) is 0 Å². The lowest BCUT2D eigenvalue weighted by Crippen LogP contribution is -2.45. The number of benzene rings is 1. The molecule has 1 aromatic rings. The molecular weight excluding hydrogens is 402 g/mol. The van der Waals surface area contributed by atoms with Crippen LogP contribution in [-0.4, -0.2) is 65.0 Å². The zero-order valence-corrected chi connectivity index (χ0v) is 19.6. The average Bonchev–Trinajstić information content (AvgIpc) is 2.99. The maximum absolute atomic E-state index is 12.3. The minimum atomic E-state index is -0.439. The minimum Gasteiger partial charge on any atom is -0.387 e. The smallest absolute Gasteiger partial charge is 0.248 e. The molecule has 176 valence electrons. The third kappa shape index (κ3) is 5.99. The molecule has 2 saturated heterocycles. The van der Waals surface area contributed by atoms with Crippen LogP contribution in [0.5, 0.6) is 0 Å². The fourth-order valence-electron chi connectivity index (χ4n) is 5.67. The topological polar surface area (TPSA) is 86.9 Å². The maximum Gasteiger partial charge on any atom is 0.248 e. The van der Waals surface area contributed by atoms with Crippen LogP contribution in [-0.2, 0) is 4.79 Å². The van der Waals surface area contributed by atoms with E-state index >= 15 is 0 Å². The number of fused-ring (bicyclic) bond motifs is 2. The van der Waals surface area contributed by atoms with Crippen LogP contribution >= 0.6 is 0 Å². The highest BCUT2D eigenvalue weighted by atomic mass is 16.3. The predicted octanol–water partition coefficient (Wildman–Crippen LogP) is 3.31. The number of allylic oxidation sites excluding steroid dienone is 1. The van der Waals surface area contributed by atoms with Gasteiger partial charge in [0.2, 0.25) is 11.8 Å². The molecule has 0 aliphatic carbocycles. The number of primary amides is 1. The van der Waals surface area contributed by atoms with Crippen LogP contribution in [0.1, 0.15) is 74.2 Å². The van der Waals surface area contributed by atoms with E-state index in [-0.39, 0.29) is 17.2 Å². The van der Waals surface area contributed by atoms with Gasteiger partial charge in [-0.15, -0.1) is 6.58 Å². The van der Waals surface area contributed by atoms with Gasteiger partial charge in [-0.1, -0.05) is 32.1 Å². The molecule has 32 heavy (non-hydrogen) atoms. The highest BCUT2D eigenvalue weighted by molar-refractivity contribution is 5.92. The molecule has 0 saturated carbocycles. The average molecular weight is 442 g/mol. The first kappa shape index (κ1) is 24.5. The number of hydrogen-bond donors (Lipinski definition) is 2. The van der Waals surface area contributed by atoms with Crippen molar-refractivity contribution < 1.29 is 14.7 Å². The first-order chi connectivity index (χ1) is 15.2. The standard InChI is InChI=1S/C26H39N3O3/c1-4-11-26(2,3)18-28(24(31)17-30)12-6-13-29-22-9-10-23(29)16-21(15-22)19-7-5-8-20(14-19)25(27)32/h4-5,7-8,14,21-23,30H,1,6,9-13,15-18H2,2-3H3,(H2,27,32). The van der Waals surface area contributed by atoms with Crippen molar-refractivity contribution in [2.45, 2.75) is 70.4 Å². The van der Waals surface area contributed by atoms with Crippen molar-refractivity contribution in [3.05, 3.63) is 48.0 Å². The van der Waals surface area contributed by atoms with Crippen LogP contribution < -0.4 is 5.73 Å². The summed E-state index contributed by atoms with van der Waals surface area (Å²) in [5, 5.41) is 9.41. The van der Waals surface area contributed by atoms with E-state index in [4.69, 9.17) is 5.73 Å². The van der Waals surface area contributed by atoms with Gasteiger partial charge in [0.25, 0.3) is 0 Å². The van der Waals surface area contributed by atoms with E-state index in [2.05, 4.69) is 31.4 Å². The third-order valence-corrected chi connectivity index (χ3v) is 7.18. The second kappa shape index (κ2) is 10.6. The zero-order chi connectivity index (χ0) is 23.3. The molecular formula is C26H39N3O3. The van der Waals surface area contributed by atoms with Crippen molar-refractivity contribution in [1.29, 1.82) is 0 Å². The fourth-order valence-corrected chi connectivity index (χ4v) is 5.67. The lowest BCUT2D eigenvalue weighted by Gasteiger charge is -2.40. The molecule has 2 aliphatic heterocycles. The Morgan fingerprint density at radius 2 is 1.97 bits per heavy atom. The van der Waals surface area contributed by atoms with E-state index < -0.39 is 6.61 Å². The number of carbonyl (C=O) groups is 2. The summed E-state index contributed by atoms with van der Waals surface area (Å²) in [6.07, 6.45) is 8.25. The molecule has 0 radical (unpaired) electrons. The summed E-state index contributed by atoms with van der Waals surface area (Å²) in [4.78, 5) is 28.3. The lowest BCUT2D eigenvalue weighted by atomic mass is 9.84. The molecule has 1 aromatic carbocycles. The van der Waals surface area contributed by atoms with Crippen LogP contribution in [0.2, 0.25) is 0 Å². The Kier molecular flexibility index (Phi) is 8.12. The number of nitrogens with zero attached hydrogens (tertiary/aromatic N) is 2. The summed E-state index contributed by atoms with van der Waals surface area (Å²) >= 11 is 0. The van der Waals surface area contributed by atoms with Gasteiger partial charge in [-0.2, -0.15) is 0 Å². The number of aliphatic hydroxyl groups excluding tert-OH is 1. The Labute approximate surface area is 192 Å². The van der Waals surface area contributed by atoms with Crippen molar-refractivity contribution >= 4 is 11.8 Å². The van der Waals surface area contributed by atoms with Gasteiger partial charge in [0, 0.05) is 37.3 Å². The molecule has 0 aromatic heterocycles. The second-order valence-electron chi connectivity index (χ2n) is 10.3. The quantitative estimate of drug-likeness (QED) is 0.516. The molecule has 2 atom stereocenters. The number of rotatable bonds is 11. The SMILES string of the molecule is C=CCC(C)(C)CN(CCCN1C2CCC1CC(c1cccc(C(N)=O)c1)C2)C(=O)CO. The highest BCUT2D eigenvalue weighted by Crippen LogP contribution is 2.43. The van der Waals surface area contributed by atoms with Gasteiger partial charge in [-0.05, 0) is 67.6 Å². The summed E-state index contributed by atoms with van der Waals surface area (Å²) in [5.41, 5.74) is 7.23. The molecule has 6 heteroatoms. The van der Waals surface area contributed by atoms with Crippen LogP contribution in [0.25, 0.3) is 0 Å². The predicted molar refractivity (Wildman–Crippen MR) is 127 cm³/mol. The number of carbonyl (C=O) groups excluding carboxylic acids is 2. The van der Waals surface area contributed by atoms with E-state index in [0.29, 0.717) is 36.7 Å². The summed E-state index contributed by atoms with van der Waals surface area (Å²) in [6, 6.07) is 8.90. The van der Waals surface area contributed by atoms with Crippen molar-refractivity contribution in [2.75, 3.05) is 26.2 Å². The van der Waals surface area contributed by atoms with E-state index in [1.165, 1.54) is 18.4 Å². The number of aliphatic hydroxyl groups is 1. The number of hydrogen-bond acceptors (Lipinski definition) is 4. The first-order valence-electron chi connectivity index (χ1n) is 11.9. The minimum absolute atomic E-state index is 0.0522. The molecule has 2 fully saturated rings. The van der Waals surface area contributed by atoms with E-state index in [1.54, 1.807) is 6.07 Å². The van der Waals surface area contributed by atoms with Crippen molar-refractivity contribution in [1.82, 2.24) is 9.80 Å². The van der Waals surface area contributed by atoms with Crippen LogP contribution in [0.15, 0.2) is 36.9 Å². The normalized spacial score (nSPS) is 23.2. The van der Waals surface area contributed by atoms with Crippen molar-refractivity contribution in [2.24, 2.45) is 11.1 Å². The molecule has 3 rings (SSSR count). The monoisotopic (exact) mass is 441 g/mol. The van der Waals surface area contributed by atoms with Gasteiger partial charge in [-0.3, -0.25) is 14.5 Å². The molecule has 2 heterocycles. The van der Waals surface area contributed by atoms with E-state index in [0.717, 1.165) is 32.2 Å². The number of amides is 2. The van der Waals surface area contributed by atoms with Gasteiger partial charge in [0.05, 0.1) is 0 Å². The van der Waals surface area contributed by atoms with Gasteiger partial charge >= 0.3 is 0 Å². The summed E-state index contributed by atoms with van der Waals surface area (Å²) < 4.78 is 0. The summed E-state index contributed by atoms with van der Waals surface area (Å²) in [6.45, 7) is 9.91. The Hall–Kier alpha value is -2.18.